The van der Waals surface area contributed by atoms with E-state index in [-0.39, 0.29) is 12.5 Å². The molecule has 3 aliphatic carbocycles. The molecule has 0 N–H and O–H groups in total. The molecule has 2 nitrogen and oxygen atoms in total. The van der Waals surface area contributed by atoms with Gasteiger partial charge in [-0.3, -0.25) is 0 Å². The molecule has 1 saturated heterocycles. The molecule has 2 bridgehead atoms. The van der Waals surface area contributed by atoms with E-state index in [0.717, 1.165) is 31.0 Å². The van der Waals surface area contributed by atoms with E-state index in [9.17, 15) is 0 Å². The quantitative estimate of drug-likeness (QED) is 0.662. The van der Waals surface area contributed by atoms with Gasteiger partial charge in [-0.1, -0.05) is 34.6 Å². The minimum Gasteiger partial charge on any atom is -0.410 e. The highest BCUT2D eigenvalue weighted by Gasteiger charge is 2.59. The van der Waals surface area contributed by atoms with Crippen molar-refractivity contribution in [3.05, 3.63) is 0 Å². The Kier molecular flexibility index (Phi) is 2.88. The summed E-state index contributed by atoms with van der Waals surface area (Å²) in [5.74, 6) is 3.14. The van der Waals surface area contributed by atoms with Crippen molar-refractivity contribution in [1.29, 1.82) is 0 Å². The van der Waals surface area contributed by atoms with Gasteiger partial charge in [-0.15, -0.1) is 0 Å². The summed E-state index contributed by atoms with van der Waals surface area (Å²) < 4.78 is 12.0. The highest BCUT2D eigenvalue weighted by atomic mass is 16.6. The Labute approximate surface area is 112 Å². The van der Waals surface area contributed by atoms with Crippen molar-refractivity contribution in [1.82, 2.24) is 0 Å². The summed E-state index contributed by atoms with van der Waals surface area (Å²) in [5, 5.41) is 0. The third-order valence-corrected chi connectivity index (χ3v) is 6.04. The molecular formula is C15H27BO2. The number of hydrogen-bond acceptors (Lipinski definition) is 2. The van der Waals surface area contributed by atoms with Gasteiger partial charge in [-0.25, -0.2) is 0 Å². The third-order valence-electron chi connectivity index (χ3n) is 6.04. The molecule has 0 unspecified atom stereocenters. The SMILES string of the molecule is C[C@@H]1[C@@H](B2OCC(C)(C)CO2)C[C@H]2C[C@@H]1C2(C)C. The van der Waals surface area contributed by atoms with Gasteiger partial charge in [-0.05, 0) is 41.8 Å². The van der Waals surface area contributed by atoms with Gasteiger partial charge in [-0.2, -0.15) is 0 Å². The van der Waals surface area contributed by atoms with Crippen LogP contribution in [-0.4, -0.2) is 20.3 Å². The molecule has 1 heterocycles. The third kappa shape index (κ3) is 1.86. The van der Waals surface area contributed by atoms with Crippen LogP contribution in [-0.2, 0) is 9.31 Å². The zero-order chi connectivity index (χ0) is 13.1. The number of rotatable bonds is 1. The molecule has 0 radical (unpaired) electrons. The molecule has 4 rings (SSSR count). The fourth-order valence-corrected chi connectivity index (χ4v) is 4.50. The Morgan fingerprint density at radius 2 is 1.61 bits per heavy atom. The van der Waals surface area contributed by atoms with E-state index in [1.54, 1.807) is 0 Å². The van der Waals surface area contributed by atoms with Gasteiger partial charge in [0.25, 0.3) is 0 Å². The summed E-state index contributed by atoms with van der Waals surface area (Å²) >= 11 is 0. The summed E-state index contributed by atoms with van der Waals surface area (Å²) in [5.41, 5.74) is 0.750. The average Bonchev–Trinajstić information content (AvgIpc) is 2.29. The lowest BCUT2D eigenvalue weighted by Crippen LogP contribution is -2.57. The molecule has 0 aromatic heterocycles. The fraction of sp³-hybridized carbons (Fsp3) is 1.00. The summed E-state index contributed by atoms with van der Waals surface area (Å²) in [4.78, 5) is 0. The lowest BCUT2D eigenvalue weighted by molar-refractivity contribution is -0.108. The van der Waals surface area contributed by atoms with Crippen molar-refractivity contribution in [3.8, 4) is 0 Å². The number of hydrogen-bond donors (Lipinski definition) is 0. The minimum absolute atomic E-state index is 0.0643. The van der Waals surface area contributed by atoms with Crippen LogP contribution < -0.4 is 0 Å². The van der Waals surface area contributed by atoms with Crippen molar-refractivity contribution in [2.45, 2.75) is 53.3 Å². The average molecular weight is 250 g/mol. The Balaban J connectivity index is 1.66. The maximum absolute atomic E-state index is 6.02. The molecule has 0 amide bonds. The van der Waals surface area contributed by atoms with Gasteiger partial charge in [0.05, 0.1) is 0 Å². The van der Waals surface area contributed by atoms with E-state index in [1.165, 1.54) is 12.8 Å². The molecule has 0 spiro atoms. The first kappa shape index (κ1) is 13.0. The molecule has 0 aromatic carbocycles. The van der Waals surface area contributed by atoms with E-state index in [0.29, 0.717) is 11.2 Å². The van der Waals surface area contributed by atoms with Crippen LogP contribution in [0.4, 0.5) is 0 Å². The molecule has 3 saturated carbocycles. The molecule has 4 aliphatic rings. The van der Waals surface area contributed by atoms with Crippen LogP contribution in [0.25, 0.3) is 0 Å². The summed E-state index contributed by atoms with van der Waals surface area (Å²) in [6.07, 6.45) is 2.73. The minimum atomic E-state index is 0.0643. The van der Waals surface area contributed by atoms with Crippen LogP contribution in [0.3, 0.4) is 0 Å². The van der Waals surface area contributed by atoms with Gasteiger partial charge in [0.1, 0.15) is 0 Å². The van der Waals surface area contributed by atoms with E-state index in [2.05, 4.69) is 34.6 Å². The van der Waals surface area contributed by atoms with Crippen LogP contribution in [0.1, 0.15) is 47.5 Å². The first-order chi connectivity index (χ1) is 8.31. The highest BCUT2D eigenvalue weighted by molar-refractivity contribution is 6.46. The molecule has 18 heavy (non-hydrogen) atoms. The second kappa shape index (κ2) is 3.99. The van der Waals surface area contributed by atoms with Crippen molar-refractivity contribution < 1.29 is 9.31 Å². The van der Waals surface area contributed by atoms with Gasteiger partial charge in [0.2, 0.25) is 0 Å². The second-order valence-corrected chi connectivity index (χ2v) is 8.27. The maximum Gasteiger partial charge on any atom is 0.460 e. The van der Waals surface area contributed by atoms with Crippen LogP contribution in [0, 0.1) is 28.6 Å². The van der Waals surface area contributed by atoms with E-state index in [4.69, 9.17) is 9.31 Å². The lowest BCUT2D eigenvalue weighted by Gasteiger charge is -2.62. The summed E-state index contributed by atoms with van der Waals surface area (Å²) in [6, 6.07) is 0. The Morgan fingerprint density at radius 1 is 1.00 bits per heavy atom. The molecule has 4 atom stereocenters. The molecular weight excluding hydrogens is 223 g/mol. The van der Waals surface area contributed by atoms with Gasteiger partial charge in [0, 0.05) is 18.6 Å². The summed E-state index contributed by atoms with van der Waals surface area (Å²) in [6.45, 7) is 13.4. The molecule has 102 valence electrons. The van der Waals surface area contributed by atoms with Gasteiger partial charge < -0.3 is 9.31 Å². The monoisotopic (exact) mass is 250 g/mol. The predicted molar refractivity (Wildman–Crippen MR) is 74.3 cm³/mol. The normalized spacial score (nSPS) is 45.5. The Morgan fingerprint density at radius 3 is 2.11 bits per heavy atom. The zero-order valence-corrected chi connectivity index (χ0v) is 12.5. The Bertz CT molecular complexity index is 329. The van der Waals surface area contributed by atoms with Crippen LogP contribution in [0.5, 0.6) is 0 Å². The fourth-order valence-electron chi connectivity index (χ4n) is 4.50. The summed E-state index contributed by atoms with van der Waals surface area (Å²) in [7, 11) is 0.0643. The van der Waals surface area contributed by atoms with Crippen molar-refractivity contribution in [2.75, 3.05) is 13.2 Å². The zero-order valence-electron chi connectivity index (χ0n) is 12.5. The number of fused-ring (bicyclic) bond motifs is 2. The topological polar surface area (TPSA) is 18.5 Å². The molecule has 4 fully saturated rings. The van der Waals surface area contributed by atoms with Crippen LogP contribution in [0.15, 0.2) is 0 Å². The van der Waals surface area contributed by atoms with Crippen LogP contribution >= 0.6 is 0 Å². The first-order valence-electron chi connectivity index (χ1n) is 7.54. The standard InChI is InChI=1S/C15H27BO2/c1-10-12-6-11(15(12,4)5)7-13(10)16-17-8-14(2,3)9-18-16/h10-13H,6-9H2,1-5H3/t10-,11+,12-,13-/m0/s1. The van der Waals surface area contributed by atoms with Crippen LogP contribution in [0.2, 0.25) is 5.82 Å². The van der Waals surface area contributed by atoms with Crippen molar-refractivity contribution >= 4 is 7.12 Å². The largest absolute Gasteiger partial charge is 0.460 e. The molecule has 1 aliphatic heterocycles. The van der Waals surface area contributed by atoms with Crippen molar-refractivity contribution in [3.63, 3.8) is 0 Å². The first-order valence-corrected chi connectivity index (χ1v) is 7.54. The van der Waals surface area contributed by atoms with Gasteiger partial charge in [0.15, 0.2) is 0 Å². The predicted octanol–water partition coefficient (Wildman–Crippen LogP) is 3.62. The van der Waals surface area contributed by atoms with E-state index < -0.39 is 0 Å². The maximum atomic E-state index is 6.02. The van der Waals surface area contributed by atoms with Gasteiger partial charge >= 0.3 is 7.12 Å². The van der Waals surface area contributed by atoms with E-state index >= 15 is 0 Å². The second-order valence-electron chi connectivity index (χ2n) is 8.27. The Hall–Kier alpha value is -0.0151. The molecule has 0 aromatic rings. The highest BCUT2D eigenvalue weighted by Crippen LogP contribution is 2.65. The lowest BCUT2D eigenvalue weighted by atomic mass is 9.38. The van der Waals surface area contributed by atoms with Crippen molar-refractivity contribution in [2.24, 2.45) is 28.6 Å². The smallest absolute Gasteiger partial charge is 0.410 e. The van der Waals surface area contributed by atoms with E-state index in [1.807, 2.05) is 0 Å². The molecule has 3 heteroatoms.